The quantitative estimate of drug-likeness (QED) is 0.329. The van der Waals surface area contributed by atoms with Crippen molar-refractivity contribution in [1.29, 1.82) is 0 Å². The van der Waals surface area contributed by atoms with Gasteiger partial charge in [-0.1, -0.05) is 6.07 Å². The van der Waals surface area contributed by atoms with Crippen LogP contribution in [0.3, 0.4) is 0 Å². The standard InChI is InChI=1S/C28H31F2N5O4/c1-15-20(23-24(25(31)34-14-33-23)38-10-9-32-27(37)39-28(2,3)4)12-18(29)13-22(15)35-26(36)19-8-7-17(11-21(19)30)16-5-6-16/h7-8,11-14,16H,5-6,9-10H2,1-4H3,(H,32,37)(H,35,36)(H2,31,33,34). The molecule has 3 aromatic rings. The van der Waals surface area contributed by atoms with Crippen LogP contribution in [-0.4, -0.2) is 40.7 Å². The van der Waals surface area contributed by atoms with Crippen LogP contribution in [-0.2, 0) is 4.74 Å². The first-order valence-electron chi connectivity index (χ1n) is 12.5. The Morgan fingerprint density at radius 3 is 2.54 bits per heavy atom. The molecule has 0 radical (unpaired) electrons. The molecule has 2 aromatic carbocycles. The van der Waals surface area contributed by atoms with E-state index >= 15 is 0 Å². The molecule has 2 amide bonds. The molecule has 0 spiro atoms. The lowest BCUT2D eigenvalue weighted by Crippen LogP contribution is -2.34. The van der Waals surface area contributed by atoms with Crippen LogP contribution in [0.2, 0.25) is 0 Å². The van der Waals surface area contributed by atoms with Gasteiger partial charge in [0.25, 0.3) is 5.91 Å². The largest absolute Gasteiger partial charge is 0.486 e. The van der Waals surface area contributed by atoms with Crippen molar-refractivity contribution in [2.45, 2.75) is 52.1 Å². The second kappa shape index (κ2) is 11.2. The molecule has 4 N–H and O–H groups in total. The first kappa shape index (κ1) is 27.7. The van der Waals surface area contributed by atoms with Crippen molar-refractivity contribution in [3.05, 3.63) is 65.0 Å². The van der Waals surface area contributed by atoms with Crippen LogP contribution < -0.4 is 21.1 Å². The maximum Gasteiger partial charge on any atom is 0.407 e. The molecule has 1 fully saturated rings. The number of ether oxygens (including phenoxy) is 2. The monoisotopic (exact) mass is 539 g/mol. The van der Waals surface area contributed by atoms with Crippen LogP contribution >= 0.6 is 0 Å². The maximum atomic E-state index is 14.7. The summed E-state index contributed by atoms with van der Waals surface area (Å²) in [7, 11) is 0. The third-order valence-electron chi connectivity index (χ3n) is 6.01. The molecule has 1 aliphatic carbocycles. The van der Waals surface area contributed by atoms with Crippen LogP contribution in [0, 0.1) is 18.6 Å². The summed E-state index contributed by atoms with van der Waals surface area (Å²) in [6.45, 7) is 6.99. The number of amides is 2. The van der Waals surface area contributed by atoms with E-state index in [0.717, 1.165) is 24.5 Å². The van der Waals surface area contributed by atoms with E-state index in [-0.39, 0.29) is 41.7 Å². The van der Waals surface area contributed by atoms with E-state index in [4.69, 9.17) is 15.2 Å². The molecule has 0 unspecified atom stereocenters. The van der Waals surface area contributed by atoms with Crippen LogP contribution in [0.1, 0.15) is 61.0 Å². The summed E-state index contributed by atoms with van der Waals surface area (Å²) >= 11 is 0. The Balaban J connectivity index is 1.53. The van der Waals surface area contributed by atoms with Crippen molar-refractivity contribution in [3.8, 4) is 17.0 Å². The zero-order chi connectivity index (χ0) is 28.3. The minimum Gasteiger partial charge on any atom is -0.486 e. The van der Waals surface area contributed by atoms with Crippen molar-refractivity contribution in [3.63, 3.8) is 0 Å². The van der Waals surface area contributed by atoms with Crippen molar-refractivity contribution in [2.24, 2.45) is 0 Å². The molecular formula is C28H31F2N5O4. The minimum absolute atomic E-state index is 0.00208. The molecule has 0 saturated heterocycles. The number of nitrogen functional groups attached to an aromatic ring is 1. The highest BCUT2D eigenvalue weighted by Crippen LogP contribution is 2.40. The third-order valence-corrected chi connectivity index (χ3v) is 6.01. The topological polar surface area (TPSA) is 128 Å². The number of rotatable bonds is 8. The number of carbonyl (C=O) groups is 2. The fraction of sp³-hybridized carbons (Fsp3) is 0.357. The maximum absolute atomic E-state index is 14.7. The van der Waals surface area contributed by atoms with Gasteiger partial charge in [0.15, 0.2) is 11.6 Å². The fourth-order valence-corrected chi connectivity index (χ4v) is 3.97. The highest BCUT2D eigenvalue weighted by Gasteiger charge is 2.25. The van der Waals surface area contributed by atoms with Gasteiger partial charge in [-0.3, -0.25) is 4.79 Å². The van der Waals surface area contributed by atoms with Gasteiger partial charge >= 0.3 is 6.09 Å². The smallest absolute Gasteiger partial charge is 0.407 e. The van der Waals surface area contributed by atoms with Gasteiger partial charge in [-0.05, 0) is 81.8 Å². The van der Waals surface area contributed by atoms with Crippen LogP contribution in [0.4, 0.5) is 25.1 Å². The summed E-state index contributed by atoms with van der Waals surface area (Å²) < 4.78 is 40.4. The summed E-state index contributed by atoms with van der Waals surface area (Å²) in [5.74, 6) is -1.58. The second-order valence-electron chi connectivity index (χ2n) is 10.3. The lowest BCUT2D eigenvalue weighted by Gasteiger charge is -2.20. The Morgan fingerprint density at radius 1 is 1.13 bits per heavy atom. The lowest BCUT2D eigenvalue weighted by atomic mass is 10.0. The van der Waals surface area contributed by atoms with E-state index in [9.17, 15) is 18.4 Å². The predicted molar refractivity (Wildman–Crippen MR) is 143 cm³/mol. The van der Waals surface area contributed by atoms with Gasteiger partial charge in [-0.25, -0.2) is 23.5 Å². The van der Waals surface area contributed by atoms with Gasteiger partial charge in [-0.15, -0.1) is 0 Å². The number of hydrogen-bond donors (Lipinski definition) is 3. The molecular weight excluding hydrogens is 508 g/mol. The molecule has 1 aromatic heterocycles. The van der Waals surface area contributed by atoms with Crippen LogP contribution in [0.15, 0.2) is 36.7 Å². The number of anilines is 2. The van der Waals surface area contributed by atoms with E-state index < -0.39 is 29.2 Å². The Bertz CT molecular complexity index is 1400. The minimum atomic E-state index is -0.707. The highest BCUT2D eigenvalue weighted by molar-refractivity contribution is 6.05. The SMILES string of the molecule is Cc1c(NC(=O)c2ccc(C3CC3)cc2F)cc(F)cc1-c1ncnc(N)c1OCCNC(=O)OC(C)(C)C. The number of carbonyl (C=O) groups excluding carboxylic acids is 2. The number of halogens is 2. The number of alkyl carbamates (subject to hydrolysis) is 1. The first-order valence-corrected chi connectivity index (χ1v) is 12.5. The van der Waals surface area contributed by atoms with Gasteiger partial charge in [0.2, 0.25) is 0 Å². The average molecular weight is 540 g/mol. The molecule has 39 heavy (non-hydrogen) atoms. The van der Waals surface area contributed by atoms with Crippen molar-refractivity contribution in [2.75, 3.05) is 24.2 Å². The van der Waals surface area contributed by atoms with Gasteiger partial charge in [0.1, 0.15) is 35.9 Å². The Labute approximate surface area is 225 Å². The number of nitrogens with zero attached hydrogens (tertiary/aromatic N) is 2. The molecule has 206 valence electrons. The molecule has 0 aliphatic heterocycles. The summed E-state index contributed by atoms with van der Waals surface area (Å²) in [4.78, 5) is 32.9. The number of aromatic nitrogens is 2. The molecule has 1 heterocycles. The number of hydrogen-bond acceptors (Lipinski definition) is 7. The molecule has 0 bridgehead atoms. The van der Waals surface area contributed by atoms with Gasteiger partial charge < -0.3 is 25.8 Å². The lowest BCUT2D eigenvalue weighted by molar-refractivity contribution is 0.0520. The molecule has 4 rings (SSSR count). The zero-order valence-corrected chi connectivity index (χ0v) is 22.2. The normalized spacial score (nSPS) is 13.1. The first-order chi connectivity index (χ1) is 18.4. The molecule has 1 saturated carbocycles. The van der Waals surface area contributed by atoms with Crippen molar-refractivity contribution in [1.82, 2.24) is 15.3 Å². The van der Waals surface area contributed by atoms with Gasteiger partial charge in [0, 0.05) is 11.3 Å². The summed E-state index contributed by atoms with van der Waals surface area (Å²) in [6, 6.07) is 6.93. The van der Waals surface area contributed by atoms with Gasteiger partial charge in [0.05, 0.1) is 12.1 Å². The summed E-state index contributed by atoms with van der Waals surface area (Å²) in [5, 5.41) is 5.17. The Hall–Kier alpha value is -4.28. The summed E-state index contributed by atoms with van der Waals surface area (Å²) in [5.41, 5.74) is 7.17. The number of nitrogens with two attached hydrogens (primary N) is 1. The van der Waals surface area contributed by atoms with Gasteiger partial charge in [-0.2, -0.15) is 0 Å². The van der Waals surface area contributed by atoms with E-state index in [1.165, 1.54) is 24.5 Å². The van der Waals surface area contributed by atoms with Crippen molar-refractivity contribution < 1.29 is 27.8 Å². The highest BCUT2D eigenvalue weighted by atomic mass is 19.1. The van der Waals surface area contributed by atoms with E-state index in [1.54, 1.807) is 33.8 Å². The van der Waals surface area contributed by atoms with E-state index in [1.807, 2.05) is 0 Å². The van der Waals surface area contributed by atoms with E-state index in [0.29, 0.717) is 17.0 Å². The zero-order valence-electron chi connectivity index (χ0n) is 22.2. The van der Waals surface area contributed by atoms with Crippen molar-refractivity contribution >= 4 is 23.5 Å². The molecule has 0 atom stereocenters. The van der Waals surface area contributed by atoms with E-state index in [2.05, 4.69) is 20.6 Å². The predicted octanol–water partition coefficient (Wildman–Crippen LogP) is 5.35. The number of nitrogens with one attached hydrogen (secondary N) is 2. The second-order valence-corrected chi connectivity index (χ2v) is 10.3. The third kappa shape index (κ3) is 6.98. The average Bonchev–Trinajstić information content (AvgIpc) is 3.69. The van der Waals surface area contributed by atoms with Crippen LogP contribution in [0.25, 0.3) is 11.3 Å². The van der Waals surface area contributed by atoms with Crippen LogP contribution in [0.5, 0.6) is 5.75 Å². The summed E-state index contributed by atoms with van der Waals surface area (Å²) in [6.07, 6.45) is 2.62. The molecule has 1 aliphatic rings. The fourth-order valence-electron chi connectivity index (χ4n) is 3.97. The molecule has 9 nitrogen and oxygen atoms in total. The molecule has 11 heteroatoms. The number of benzene rings is 2. The Morgan fingerprint density at radius 2 is 1.87 bits per heavy atom. The Kier molecular flexibility index (Phi) is 7.98.